The molecular formula is C26H18Br2S. The minimum atomic E-state index is -0.382. The van der Waals surface area contributed by atoms with Crippen molar-refractivity contribution in [2.45, 2.75) is 17.2 Å². The summed E-state index contributed by atoms with van der Waals surface area (Å²) in [4.78, 5) is 0.967. The predicted octanol–water partition coefficient (Wildman–Crippen LogP) is 8.17. The second-order valence-corrected chi connectivity index (χ2v) is 9.89. The van der Waals surface area contributed by atoms with Crippen molar-refractivity contribution in [1.82, 2.24) is 0 Å². The molecule has 0 saturated carbocycles. The van der Waals surface area contributed by atoms with E-state index in [4.69, 9.17) is 0 Å². The predicted molar refractivity (Wildman–Crippen MR) is 131 cm³/mol. The number of hydrogen-bond acceptors (Lipinski definition) is 1. The summed E-state index contributed by atoms with van der Waals surface area (Å²) >= 11 is 12.0. The average molecular weight is 522 g/mol. The molecule has 0 nitrogen and oxygen atoms in total. The number of hydrogen-bond donors (Lipinski definition) is 1. The van der Waals surface area contributed by atoms with Gasteiger partial charge in [0.25, 0.3) is 0 Å². The van der Waals surface area contributed by atoms with Gasteiger partial charge in [-0.2, -0.15) is 0 Å². The van der Waals surface area contributed by atoms with Crippen LogP contribution < -0.4 is 0 Å². The summed E-state index contributed by atoms with van der Waals surface area (Å²) in [5.41, 5.74) is 8.56. The van der Waals surface area contributed by atoms with E-state index in [1.165, 1.54) is 38.9 Å². The first-order chi connectivity index (χ1) is 14.0. The van der Waals surface area contributed by atoms with Crippen LogP contribution in [-0.4, -0.2) is 0 Å². The number of fused-ring (bicyclic) bond motifs is 3. The Morgan fingerprint density at radius 2 is 1.07 bits per heavy atom. The highest BCUT2D eigenvalue weighted by Crippen LogP contribution is 2.57. The van der Waals surface area contributed by atoms with Crippen molar-refractivity contribution >= 4 is 44.5 Å². The number of rotatable bonds is 2. The van der Waals surface area contributed by atoms with Crippen molar-refractivity contribution in [2.75, 3.05) is 0 Å². The monoisotopic (exact) mass is 520 g/mol. The van der Waals surface area contributed by atoms with Crippen molar-refractivity contribution in [2.24, 2.45) is 0 Å². The Bertz CT molecular complexity index is 1130. The van der Waals surface area contributed by atoms with Gasteiger partial charge in [0.1, 0.15) is 0 Å². The van der Waals surface area contributed by atoms with Crippen LogP contribution in [0.1, 0.15) is 27.8 Å². The minimum Gasteiger partial charge on any atom is -0.143 e. The Kier molecular flexibility index (Phi) is 4.73. The lowest BCUT2D eigenvalue weighted by atomic mass is 9.67. The van der Waals surface area contributed by atoms with Crippen LogP contribution in [0, 0.1) is 6.92 Å². The molecule has 0 aliphatic heterocycles. The maximum atomic E-state index is 4.53. The van der Waals surface area contributed by atoms with Gasteiger partial charge in [0.05, 0.1) is 5.41 Å². The van der Waals surface area contributed by atoms with E-state index in [2.05, 4.69) is 136 Å². The minimum absolute atomic E-state index is 0.382. The topological polar surface area (TPSA) is 0 Å². The summed E-state index contributed by atoms with van der Waals surface area (Å²) in [6, 6.07) is 30.8. The normalized spacial score (nSPS) is 13.8. The van der Waals surface area contributed by atoms with Crippen molar-refractivity contribution in [3.8, 4) is 11.1 Å². The molecule has 0 N–H and O–H groups in total. The summed E-state index contributed by atoms with van der Waals surface area (Å²) in [5, 5.41) is 0. The van der Waals surface area contributed by atoms with Gasteiger partial charge in [-0.3, -0.25) is 0 Å². The first-order valence-corrected chi connectivity index (χ1v) is 11.5. The van der Waals surface area contributed by atoms with E-state index in [9.17, 15) is 0 Å². The van der Waals surface area contributed by atoms with Crippen molar-refractivity contribution < 1.29 is 0 Å². The van der Waals surface area contributed by atoms with Gasteiger partial charge in [-0.1, -0.05) is 86.0 Å². The van der Waals surface area contributed by atoms with Gasteiger partial charge >= 0.3 is 0 Å². The van der Waals surface area contributed by atoms with Gasteiger partial charge in [-0.25, -0.2) is 0 Å². The lowest BCUT2D eigenvalue weighted by Crippen LogP contribution is -2.28. The Morgan fingerprint density at radius 1 is 0.621 bits per heavy atom. The van der Waals surface area contributed by atoms with Crippen LogP contribution in [0.15, 0.2) is 98.8 Å². The lowest BCUT2D eigenvalue weighted by Gasteiger charge is -2.34. The zero-order chi connectivity index (χ0) is 20.2. The molecule has 1 aliphatic carbocycles. The first kappa shape index (κ1) is 19.2. The smallest absolute Gasteiger partial charge is 0.0714 e. The van der Waals surface area contributed by atoms with Gasteiger partial charge < -0.3 is 0 Å². The number of thiol groups is 1. The van der Waals surface area contributed by atoms with Gasteiger partial charge in [0.15, 0.2) is 0 Å². The molecule has 0 atom stereocenters. The fourth-order valence-corrected chi connectivity index (χ4v) is 5.44. The molecule has 0 bridgehead atoms. The molecule has 1 aliphatic rings. The SMILES string of the molecule is Cc1ccc(C2(c3ccc(S)cc3)c3cc(Br)ccc3-c3ccc(Br)cc32)cc1. The van der Waals surface area contributed by atoms with E-state index in [-0.39, 0.29) is 5.41 Å². The molecule has 0 unspecified atom stereocenters. The third-order valence-electron chi connectivity index (χ3n) is 5.85. The van der Waals surface area contributed by atoms with E-state index < -0.39 is 0 Å². The Labute approximate surface area is 193 Å². The van der Waals surface area contributed by atoms with E-state index >= 15 is 0 Å². The van der Waals surface area contributed by atoms with Gasteiger partial charge in [0.2, 0.25) is 0 Å². The molecule has 3 heteroatoms. The molecule has 4 aromatic rings. The fraction of sp³-hybridized carbons (Fsp3) is 0.0769. The van der Waals surface area contributed by atoms with Gasteiger partial charge in [-0.05, 0) is 76.7 Å². The summed E-state index contributed by atoms with van der Waals surface area (Å²) in [6.45, 7) is 2.13. The fourth-order valence-electron chi connectivity index (χ4n) is 4.57. The summed E-state index contributed by atoms with van der Waals surface area (Å²) < 4.78 is 2.18. The Hall–Kier alpha value is -1.81. The second-order valence-electron chi connectivity index (χ2n) is 7.54. The average Bonchev–Trinajstić information content (AvgIpc) is 2.99. The molecule has 0 heterocycles. The second kappa shape index (κ2) is 7.16. The molecule has 0 saturated heterocycles. The van der Waals surface area contributed by atoms with Crippen LogP contribution in [0.3, 0.4) is 0 Å². The van der Waals surface area contributed by atoms with Crippen LogP contribution >= 0.6 is 44.5 Å². The molecule has 0 amide bonds. The van der Waals surface area contributed by atoms with Gasteiger partial charge in [-0.15, -0.1) is 12.6 Å². The molecule has 5 rings (SSSR count). The van der Waals surface area contributed by atoms with Crippen molar-refractivity contribution in [3.05, 3.63) is 122 Å². The van der Waals surface area contributed by atoms with Crippen LogP contribution in [0.2, 0.25) is 0 Å². The highest BCUT2D eigenvalue weighted by molar-refractivity contribution is 9.10. The van der Waals surface area contributed by atoms with Crippen LogP contribution in [-0.2, 0) is 5.41 Å². The highest BCUT2D eigenvalue weighted by Gasteiger charge is 2.46. The molecule has 0 radical (unpaired) electrons. The van der Waals surface area contributed by atoms with E-state index in [1.54, 1.807) is 0 Å². The quantitative estimate of drug-likeness (QED) is 0.222. The highest BCUT2D eigenvalue weighted by atomic mass is 79.9. The van der Waals surface area contributed by atoms with Crippen LogP contribution in [0.25, 0.3) is 11.1 Å². The van der Waals surface area contributed by atoms with Crippen LogP contribution in [0.4, 0.5) is 0 Å². The largest absolute Gasteiger partial charge is 0.143 e. The molecule has 0 aromatic heterocycles. The first-order valence-electron chi connectivity index (χ1n) is 9.47. The van der Waals surface area contributed by atoms with Crippen LogP contribution in [0.5, 0.6) is 0 Å². The maximum Gasteiger partial charge on any atom is 0.0714 e. The van der Waals surface area contributed by atoms with Crippen molar-refractivity contribution in [3.63, 3.8) is 0 Å². The molecule has 142 valence electrons. The molecule has 0 fully saturated rings. The maximum absolute atomic E-state index is 4.53. The zero-order valence-corrected chi connectivity index (χ0v) is 19.9. The summed E-state index contributed by atoms with van der Waals surface area (Å²) in [7, 11) is 0. The zero-order valence-electron chi connectivity index (χ0n) is 15.8. The molecule has 0 spiro atoms. The lowest BCUT2D eigenvalue weighted by molar-refractivity contribution is 0.765. The van der Waals surface area contributed by atoms with E-state index in [1.807, 2.05) is 0 Å². The van der Waals surface area contributed by atoms with E-state index in [0.717, 1.165) is 13.8 Å². The van der Waals surface area contributed by atoms with Crippen molar-refractivity contribution in [1.29, 1.82) is 0 Å². The Morgan fingerprint density at radius 3 is 1.55 bits per heavy atom. The number of benzene rings is 4. The molecular weight excluding hydrogens is 504 g/mol. The molecule has 4 aromatic carbocycles. The standard InChI is InChI=1S/C26H18Br2S/c1-16-2-4-17(5-3-16)26(18-6-10-21(29)11-7-18)24-14-19(27)8-12-22(24)23-13-9-20(28)15-25(23)26/h2-15,29H,1H3. The van der Waals surface area contributed by atoms with E-state index in [0.29, 0.717) is 0 Å². The Balaban J connectivity index is 1.97. The molecule has 29 heavy (non-hydrogen) atoms. The third-order valence-corrected chi connectivity index (χ3v) is 7.13. The number of halogens is 2. The summed E-state index contributed by atoms with van der Waals surface area (Å²) in [5.74, 6) is 0. The summed E-state index contributed by atoms with van der Waals surface area (Å²) in [6.07, 6.45) is 0. The number of aryl methyl sites for hydroxylation is 1. The third kappa shape index (κ3) is 2.94. The van der Waals surface area contributed by atoms with Gasteiger partial charge in [0, 0.05) is 13.8 Å².